The van der Waals surface area contributed by atoms with Gasteiger partial charge in [-0.05, 0) is 6.42 Å². The third-order valence-corrected chi connectivity index (χ3v) is 6.25. The van der Waals surface area contributed by atoms with E-state index in [0.29, 0.717) is 11.3 Å². The van der Waals surface area contributed by atoms with Gasteiger partial charge in [-0.1, -0.05) is 27.2 Å². The lowest BCUT2D eigenvalue weighted by Crippen LogP contribution is -2.39. The predicted octanol–water partition coefficient (Wildman–Crippen LogP) is 2.74. The number of rotatable bonds is 3. The Bertz CT molecular complexity index is 152. The van der Waals surface area contributed by atoms with Gasteiger partial charge in [-0.3, -0.25) is 0 Å². The molecule has 0 spiro atoms. The summed E-state index contributed by atoms with van der Waals surface area (Å²) >= 11 is 4.18. The molecular formula is C10H21NS2. The monoisotopic (exact) mass is 219 g/mol. The fourth-order valence-corrected chi connectivity index (χ4v) is 4.65. The summed E-state index contributed by atoms with van der Waals surface area (Å²) in [7, 11) is 0. The largest absolute Gasteiger partial charge is 0.327 e. The molecule has 2 N–H and O–H groups in total. The molecule has 0 aliphatic carbocycles. The van der Waals surface area contributed by atoms with Crippen LogP contribution < -0.4 is 5.73 Å². The van der Waals surface area contributed by atoms with Gasteiger partial charge in [0.1, 0.15) is 0 Å². The predicted molar refractivity (Wildman–Crippen MR) is 65.6 cm³/mol. The molecule has 3 heteroatoms. The van der Waals surface area contributed by atoms with Gasteiger partial charge in [0, 0.05) is 27.5 Å². The molecule has 1 heterocycles. The Balaban J connectivity index is 2.36. The average Bonchev–Trinajstić information content (AvgIpc) is 2.10. The zero-order valence-corrected chi connectivity index (χ0v) is 10.5. The van der Waals surface area contributed by atoms with Crippen LogP contribution in [-0.4, -0.2) is 27.5 Å². The van der Waals surface area contributed by atoms with Crippen molar-refractivity contribution in [3.05, 3.63) is 0 Å². The van der Waals surface area contributed by atoms with E-state index in [-0.39, 0.29) is 0 Å². The quantitative estimate of drug-likeness (QED) is 0.790. The maximum atomic E-state index is 6.13. The van der Waals surface area contributed by atoms with Gasteiger partial charge in [0.05, 0.1) is 0 Å². The highest BCUT2D eigenvalue weighted by atomic mass is 32.2. The normalized spacial score (nSPS) is 37.4. The molecule has 0 radical (unpaired) electrons. The number of hydrogen-bond acceptors (Lipinski definition) is 3. The van der Waals surface area contributed by atoms with Crippen LogP contribution in [0.1, 0.15) is 33.6 Å². The summed E-state index contributed by atoms with van der Waals surface area (Å²) in [5, 5.41) is 2.26. The smallest absolute Gasteiger partial charge is 0.0292 e. The molecule has 0 aromatic heterocycles. The molecule has 13 heavy (non-hydrogen) atoms. The van der Waals surface area contributed by atoms with Gasteiger partial charge in [-0.15, -0.1) is 0 Å². The lowest BCUT2D eigenvalue weighted by atomic mass is 10.1. The summed E-state index contributed by atoms with van der Waals surface area (Å²) < 4.78 is 0. The standard InChI is InChI=1S/C10H21NS2/c1-4-5-9(11)10-6-12-7(2)8(3)13-10/h7-10H,4-6,11H2,1-3H3/t7?,8?,9-,10?/m0/s1. The molecule has 1 fully saturated rings. The van der Waals surface area contributed by atoms with E-state index in [4.69, 9.17) is 5.73 Å². The van der Waals surface area contributed by atoms with Gasteiger partial charge < -0.3 is 5.73 Å². The van der Waals surface area contributed by atoms with Gasteiger partial charge in [-0.2, -0.15) is 23.5 Å². The fraction of sp³-hybridized carbons (Fsp3) is 1.00. The fourth-order valence-electron chi connectivity index (χ4n) is 1.55. The van der Waals surface area contributed by atoms with Gasteiger partial charge in [0.15, 0.2) is 0 Å². The van der Waals surface area contributed by atoms with Crippen LogP contribution in [-0.2, 0) is 0 Å². The van der Waals surface area contributed by atoms with Crippen LogP contribution in [0.3, 0.4) is 0 Å². The highest BCUT2D eigenvalue weighted by Crippen LogP contribution is 2.37. The second-order valence-corrected chi connectivity index (χ2v) is 6.90. The SMILES string of the molecule is CCC[C@H](N)C1CSC(C)C(C)S1. The molecule has 1 nitrogen and oxygen atoms in total. The first-order valence-corrected chi connectivity index (χ1v) is 7.17. The molecule has 0 saturated carbocycles. The van der Waals surface area contributed by atoms with Crippen LogP contribution in [0.4, 0.5) is 0 Å². The third kappa shape index (κ3) is 3.37. The molecule has 78 valence electrons. The van der Waals surface area contributed by atoms with Crippen LogP contribution >= 0.6 is 23.5 Å². The van der Waals surface area contributed by atoms with Crippen molar-refractivity contribution in [1.82, 2.24) is 0 Å². The van der Waals surface area contributed by atoms with Crippen LogP contribution in [0, 0.1) is 0 Å². The number of nitrogens with two attached hydrogens (primary N) is 1. The molecule has 0 amide bonds. The number of thioether (sulfide) groups is 2. The Kier molecular flexibility index (Phi) is 4.98. The van der Waals surface area contributed by atoms with Crippen LogP contribution in [0.2, 0.25) is 0 Å². The van der Waals surface area contributed by atoms with Crippen molar-refractivity contribution in [1.29, 1.82) is 0 Å². The second kappa shape index (κ2) is 5.52. The van der Waals surface area contributed by atoms with Crippen LogP contribution in [0.15, 0.2) is 0 Å². The first kappa shape index (κ1) is 11.7. The Morgan fingerprint density at radius 3 is 2.62 bits per heavy atom. The zero-order valence-electron chi connectivity index (χ0n) is 8.82. The first-order chi connectivity index (χ1) is 6.15. The van der Waals surface area contributed by atoms with E-state index in [1.54, 1.807) is 0 Å². The van der Waals surface area contributed by atoms with Crippen LogP contribution in [0.25, 0.3) is 0 Å². The Hall–Kier alpha value is 0.660. The highest BCUT2D eigenvalue weighted by molar-refractivity contribution is 8.07. The summed E-state index contributed by atoms with van der Waals surface area (Å²) in [6.07, 6.45) is 2.39. The number of hydrogen-bond donors (Lipinski definition) is 1. The third-order valence-electron chi connectivity index (χ3n) is 2.67. The molecule has 3 unspecified atom stereocenters. The molecule has 1 aliphatic heterocycles. The summed E-state index contributed by atoms with van der Waals surface area (Å²) in [6.45, 7) is 6.86. The van der Waals surface area contributed by atoms with Crippen molar-refractivity contribution in [2.45, 2.75) is 55.4 Å². The van der Waals surface area contributed by atoms with Crippen molar-refractivity contribution < 1.29 is 0 Å². The minimum atomic E-state index is 0.414. The molecule has 0 aromatic carbocycles. The van der Waals surface area contributed by atoms with Crippen LogP contribution in [0.5, 0.6) is 0 Å². The minimum Gasteiger partial charge on any atom is -0.327 e. The lowest BCUT2D eigenvalue weighted by molar-refractivity contribution is 0.596. The molecule has 1 saturated heterocycles. The second-order valence-electron chi connectivity index (χ2n) is 3.87. The van der Waals surface area contributed by atoms with E-state index in [1.165, 1.54) is 18.6 Å². The Morgan fingerprint density at radius 1 is 1.38 bits per heavy atom. The van der Waals surface area contributed by atoms with Crippen molar-refractivity contribution in [3.63, 3.8) is 0 Å². The first-order valence-electron chi connectivity index (χ1n) is 5.17. The molecule has 0 aromatic rings. The van der Waals surface area contributed by atoms with E-state index < -0.39 is 0 Å². The summed E-state index contributed by atoms with van der Waals surface area (Å²) in [5.41, 5.74) is 6.13. The molecule has 4 atom stereocenters. The molecular weight excluding hydrogens is 198 g/mol. The van der Waals surface area contributed by atoms with Gasteiger partial charge in [0.2, 0.25) is 0 Å². The lowest BCUT2D eigenvalue weighted by Gasteiger charge is -2.34. The summed E-state index contributed by atoms with van der Waals surface area (Å²) in [5.74, 6) is 1.25. The minimum absolute atomic E-state index is 0.414. The summed E-state index contributed by atoms with van der Waals surface area (Å²) in [6, 6.07) is 0.414. The molecule has 1 aliphatic rings. The van der Waals surface area contributed by atoms with E-state index in [2.05, 4.69) is 44.3 Å². The highest BCUT2D eigenvalue weighted by Gasteiger charge is 2.28. The average molecular weight is 219 g/mol. The maximum absolute atomic E-state index is 6.13. The van der Waals surface area contributed by atoms with Gasteiger partial charge in [-0.25, -0.2) is 0 Å². The van der Waals surface area contributed by atoms with Crippen molar-refractivity contribution in [2.24, 2.45) is 5.73 Å². The zero-order chi connectivity index (χ0) is 9.84. The van der Waals surface area contributed by atoms with E-state index in [9.17, 15) is 0 Å². The van der Waals surface area contributed by atoms with Crippen molar-refractivity contribution in [2.75, 3.05) is 5.75 Å². The Morgan fingerprint density at radius 2 is 2.08 bits per heavy atom. The summed E-state index contributed by atoms with van der Waals surface area (Å²) in [4.78, 5) is 0. The Labute approximate surface area is 90.6 Å². The van der Waals surface area contributed by atoms with E-state index in [0.717, 1.165) is 10.5 Å². The van der Waals surface area contributed by atoms with Crippen molar-refractivity contribution in [3.8, 4) is 0 Å². The van der Waals surface area contributed by atoms with E-state index >= 15 is 0 Å². The maximum Gasteiger partial charge on any atom is 0.0292 e. The molecule has 1 rings (SSSR count). The van der Waals surface area contributed by atoms with Gasteiger partial charge in [0.25, 0.3) is 0 Å². The van der Waals surface area contributed by atoms with E-state index in [1.807, 2.05) is 0 Å². The van der Waals surface area contributed by atoms with Gasteiger partial charge >= 0.3 is 0 Å². The topological polar surface area (TPSA) is 26.0 Å². The molecule has 0 bridgehead atoms. The van der Waals surface area contributed by atoms with Crippen molar-refractivity contribution >= 4 is 23.5 Å².